The molecule has 1 aliphatic heterocycles. The van der Waals surface area contributed by atoms with E-state index in [1.165, 1.54) is 12.0 Å². The molecule has 142 valence electrons. The van der Waals surface area contributed by atoms with Crippen molar-refractivity contribution in [2.24, 2.45) is 11.8 Å². The van der Waals surface area contributed by atoms with Gasteiger partial charge < -0.3 is 15.0 Å². The van der Waals surface area contributed by atoms with E-state index in [2.05, 4.69) is 50.3 Å². The second kappa shape index (κ2) is 9.91. The molecule has 3 nitrogen and oxygen atoms in total. The molecule has 1 saturated heterocycles. The van der Waals surface area contributed by atoms with Crippen LogP contribution in [0.4, 0.5) is 0 Å². The van der Waals surface area contributed by atoms with Crippen LogP contribution in [0.15, 0.2) is 24.3 Å². The van der Waals surface area contributed by atoms with Crippen molar-refractivity contribution in [3.8, 4) is 0 Å². The number of hydrogen-bond acceptors (Lipinski definition) is 3. The third-order valence-corrected chi connectivity index (χ3v) is 5.64. The van der Waals surface area contributed by atoms with Crippen LogP contribution in [0.25, 0.3) is 0 Å². The van der Waals surface area contributed by atoms with E-state index in [0.717, 1.165) is 50.5 Å². The molecule has 4 heteroatoms. The molecule has 0 radical (unpaired) electrons. The molecule has 2 unspecified atom stereocenters. The van der Waals surface area contributed by atoms with Gasteiger partial charge in [-0.1, -0.05) is 29.8 Å². The molecule has 0 amide bonds. The van der Waals surface area contributed by atoms with Gasteiger partial charge in [0, 0.05) is 24.7 Å². The minimum atomic E-state index is 0.000000399. The van der Waals surface area contributed by atoms with E-state index >= 15 is 0 Å². The number of nitrogens with zero attached hydrogens (tertiary/aromatic N) is 1. The number of halogens is 1. The third kappa shape index (κ3) is 7.26. The lowest BCUT2D eigenvalue weighted by molar-refractivity contribution is -0.0830. The summed E-state index contributed by atoms with van der Waals surface area (Å²) in [4.78, 5) is 2.22. The number of nitrogens with one attached hydrogen (secondary N) is 1. The van der Waals surface area contributed by atoms with E-state index in [1.807, 2.05) is 12.1 Å². The normalized spacial score (nSPS) is 21.4. The molecule has 1 aliphatic rings. The Labute approximate surface area is 159 Å². The van der Waals surface area contributed by atoms with E-state index in [9.17, 15) is 0 Å². The maximum atomic E-state index is 6.44. The number of ether oxygens (including phenoxy) is 1. The zero-order valence-corrected chi connectivity index (χ0v) is 17.1. The van der Waals surface area contributed by atoms with Crippen molar-refractivity contribution < 1.29 is 4.74 Å². The molecule has 2 rings (SSSR count). The molecule has 1 fully saturated rings. The van der Waals surface area contributed by atoms with Crippen LogP contribution < -0.4 is 5.32 Å². The fourth-order valence-corrected chi connectivity index (χ4v) is 4.06. The van der Waals surface area contributed by atoms with Gasteiger partial charge in [-0.25, -0.2) is 0 Å². The van der Waals surface area contributed by atoms with Crippen LogP contribution in [0.2, 0.25) is 5.02 Å². The van der Waals surface area contributed by atoms with Gasteiger partial charge in [-0.05, 0) is 83.6 Å². The van der Waals surface area contributed by atoms with Crippen LogP contribution in [0.5, 0.6) is 0 Å². The molecule has 1 heterocycles. The van der Waals surface area contributed by atoms with Gasteiger partial charge in [0.1, 0.15) is 0 Å². The molecule has 1 N–H and O–H groups in total. The van der Waals surface area contributed by atoms with E-state index < -0.39 is 0 Å². The Bertz CT molecular complexity index is 518. The Hall–Kier alpha value is -0.610. The van der Waals surface area contributed by atoms with Crippen LogP contribution in [0, 0.1) is 11.8 Å². The Morgan fingerprint density at radius 1 is 1.28 bits per heavy atom. The monoisotopic (exact) mass is 366 g/mol. The van der Waals surface area contributed by atoms with Gasteiger partial charge in [-0.15, -0.1) is 0 Å². The Morgan fingerprint density at radius 2 is 2.04 bits per heavy atom. The first-order valence-corrected chi connectivity index (χ1v) is 9.98. The summed E-state index contributed by atoms with van der Waals surface area (Å²) in [6, 6.07) is 8.30. The second-order valence-corrected chi connectivity index (χ2v) is 8.67. The van der Waals surface area contributed by atoms with Crippen LogP contribution >= 0.6 is 11.6 Å². The Kier molecular flexibility index (Phi) is 8.21. The molecule has 2 atom stereocenters. The van der Waals surface area contributed by atoms with Crippen LogP contribution in [0.3, 0.4) is 0 Å². The smallest absolute Gasteiger partial charge is 0.0629 e. The van der Waals surface area contributed by atoms with Crippen molar-refractivity contribution in [2.75, 3.05) is 40.3 Å². The number of benzene rings is 1. The summed E-state index contributed by atoms with van der Waals surface area (Å²) in [6.07, 6.45) is 4.56. The van der Waals surface area contributed by atoms with Crippen molar-refractivity contribution in [3.63, 3.8) is 0 Å². The largest absolute Gasteiger partial charge is 0.376 e. The zero-order valence-electron chi connectivity index (χ0n) is 16.4. The summed E-state index contributed by atoms with van der Waals surface area (Å²) in [5, 5.41) is 4.50. The summed E-state index contributed by atoms with van der Waals surface area (Å²) >= 11 is 6.44. The van der Waals surface area contributed by atoms with E-state index in [4.69, 9.17) is 16.3 Å². The molecule has 0 aliphatic carbocycles. The summed E-state index contributed by atoms with van der Waals surface area (Å²) in [5.41, 5.74) is 1.28. The van der Waals surface area contributed by atoms with Crippen molar-refractivity contribution in [1.29, 1.82) is 0 Å². The number of rotatable bonds is 9. The number of hydrogen-bond donors (Lipinski definition) is 1. The molecule has 0 saturated carbocycles. The lowest BCUT2D eigenvalue weighted by atomic mass is 9.75. The van der Waals surface area contributed by atoms with Gasteiger partial charge >= 0.3 is 0 Å². The highest BCUT2D eigenvalue weighted by Gasteiger charge is 2.33. The molecular formula is C21H35ClN2O. The van der Waals surface area contributed by atoms with Crippen LogP contribution in [-0.4, -0.2) is 50.8 Å². The predicted molar refractivity (Wildman–Crippen MR) is 107 cm³/mol. The van der Waals surface area contributed by atoms with Crippen LogP contribution in [-0.2, 0) is 11.2 Å². The fourth-order valence-electron chi connectivity index (χ4n) is 3.85. The first kappa shape index (κ1) is 20.7. The summed E-state index contributed by atoms with van der Waals surface area (Å²) in [7, 11) is 4.23. The molecule has 0 spiro atoms. The summed E-state index contributed by atoms with van der Waals surface area (Å²) in [6.45, 7) is 8.53. The maximum Gasteiger partial charge on any atom is 0.0629 e. The minimum Gasteiger partial charge on any atom is -0.376 e. The highest BCUT2D eigenvalue weighted by atomic mass is 35.5. The van der Waals surface area contributed by atoms with Crippen molar-refractivity contribution in [1.82, 2.24) is 10.2 Å². The second-order valence-electron chi connectivity index (χ2n) is 8.26. The fraction of sp³-hybridized carbons (Fsp3) is 0.714. The third-order valence-electron chi connectivity index (χ3n) is 5.27. The summed E-state index contributed by atoms with van der Waals surface area (Å²) < 4.78 is 5.94. The van der Waals surface area contributed by atoms with E-state index in [-0.39, 0.29) is 5.60 Å². The topological polar surface area (TPSA) is 24.5 Å². The van der Waals surface area contributed by atoms with Gasteiger partial charge in [-0.3, -0.25) is 0 Å². The van der Waals surface area contributed by atoms with Gasteiger partial charge in [0.2, 0.25) is 0 Å². The zero-order chi connectivity index (χ0) is 18.3. The minimum absolute atomic E-state index is 0.000000399. The first-order valence-electron chi connectivity index (χ1n) is 9.60. The quantitative estimate of drug-likeness (QED) is 0.661. The van der Waals surface area contributed by atoms with Crippen molar-refractivity contribution >= 4 is 11.6 Å². The van der Waals surface area contributed by atoms with Gasteiger partial charge in [0.15, 0.2) is 0 Å². The maximum absolute atomic E-state index is 6.44. The molecule has 0 bridgehead atoms. The molecule has 1 aromatic rings. The van der Waals surface area contributed by atoms with Gasteiger partial charge in [0.25, 0.3) is 0 Å². The predicted octanol–water partition coefficient (Wildman–Crippen LogP) is 4.25. The first-order chi connectivity index (χ1) is 11.9. The van der Waals surface area contributed by atoms with E-state index in [1.54, 1.807) is 0 Å². The average Bonchev–Trinajstić information content (AvgIpc) is 2.54. The van der Waals surface area contributed by atoms with Crippen LogP contribution in [0.1, 0.15) is 38.7 Å². The van der Waals surface area contributed by atoms with Crippen molar-refractivity contribution in [3.05, 3.63) is 34.9 Å². The van der Waals surface area contributed by atoms with E-state index in [0.29, 0.717) is 11.8 Å². The SMILES string of the molecule is CN(C)CCNCCC(Cc1ccccc1Cl)C1CCOC(C)(C)C1. The highest BCUT2D eigenvalue weighted by Crippen LogP contribution is 2.37. The molecular weight excluding hydrogens is 332 g/mol. The Balaban J connectivity index is 1.97. The molecule has 0 aromatic heterocycles. The average molecular weight is 367 g/mol. The lowest BCUT2D eigenvalue weighted by Gasteiger charge is -2.39. The summed E-state index contributed by atoms with van der Waals surface area (Å²) in [5.74, 6) is 1.35. The Morgan fingerprint density at radius 3 is 2.72 bits per heavy atom. The number of likely N-dealkylation sites (N-methyl/N-ethyl adjacent to an activating group) is 1. The molecule has 25 heavy (non-hydrogen) atoms. The van der Waals surface area contributed by atoms with Crippen molar-refractivity contribution in [2.45, 2.75) is 45.1 Å². The molecule has 1 aromatic carbocycles. The van der Waals surface area contributed by atoms with Gasteiger partial charge in [-0.2, -0.15) is 0 Å². The highest BCUT2D eigenvalue weighted by molar-refractivity contribution is 6.31. The standard InChI is InChI=1S/C21H35ClN2O/c1-21(2)16-19(10-14-25-21)17(9-11-23-12-13-24(3)4)15-18-7-5-6-8-20(18)22/h5-8,17,19,23H,9-16H2,1-4H3. The van der Waals surface area contributed by atoms with Gasteiger partial charge in [0.05, 0.1) is 5.60 Å². The lowest BCUT2D eigenvalue weighted by Crippen LogP contribution is -2.38.